The molecule has 4 nitrogen and oxygen atoms in total. The third-order valence-electron chi connectivity index (χ3n) is 2.77. The summed E-state index contributed by atoms with van der Waals surface area (Å²) in [7, 11) is 0. The summed E-state index contributed by atoms with van der Waals surface area (Å²) >= 11 is 0. The van der Waals surface area contributed by atoms with Crippen molar-refractivity contribution in [2.75, 3.05) is 6.61 Å². The summed E-state index contributed by atoms with van der Waals surface area (Å²) in [6, 6.07) is 4.25. The van der Waals surface area contributed by atoms with Gasteiger partial charge in [0.15, 0.2) is 0 Å². The summed E-state index contributed by atoms with van der Waals surface area (Å²) in [6.07, 6.45) is 1.52. The number of hydrogen-bond donors (Lipinski definition) is 3. The Morgan fingerprint density at radius 1 is 1.56 bits per heavy atom. The van der Waals surface area contributed by atoms with Gasteiger partial charge in [0.1, 0.15) is 5.82 Å². The first-order valence-electron chi connectivity index (χ1n) is 5.97. The van der Waals surface area contributed by atoms with Gasteiger partial charge in [-0.2, -0.15) is 0 Å². The highest BCUT2D eigenvalue weighted by Gasteiger charge is 2.08. The molecule has 0 aliphatic heterocycles. The first-order valence-corrected chi connectivity index (χ1v) is 5.97. The predicted molar refractivity (Wildman–Crippen MR) is 67.5 cm³/mol. The highest BCUT2D eigenvalue weighted by Crippen LogP contribution is 2.11. The molecule has 4 N–H and O–H groups in total. The van der Waals surface area contributed by atoms with Gasteiger partial charge in [-0.25, -0.2) is 4.39 Å². The number of aliphatic hydroxyl groups excluding tert-OH is 1. The molecule has 1 atom stereocenters. The summed E-state index contributed by atoms with van der Waals surface area (Å²) in [4.78, 5) is 11.0. The fourth-order valence-electron chi connectivity index (χ4n) is 1.65. The van der Waals surface area contributed by atoms with Crippen molar-refractivity contribution in [3.63, 3.8) is 0 Å². The van der Waals surface area contributed by atoms with Crippen molar-refractivity contribution in [1.82, 2.24) is 5.32 Å². The van der Waals surface area contributed by atoms with E-state index in [1.54, 1.807) is 0 Å². The van der Waals surface area contributed by atoms with E-state index in [-0.39, 0.29) is 18.5 Å². The lowest BCUT2D eigenvalue weighted by atomic mass is 10.1. The Kier molecular flexibility index (Phi) is 5.74. The Balaban J connectivity index is 2.60. The minimum absolute atomic E-state index is 0.150. The summed E-state index contributed by atoms with van der Waals surface area (Å²) < 4.78 is 13.5. The molecule has 0 radical (unpaired) electrons. The van der Waals surface area contributed by atoms with Crippen molar-refractivity contribution in [1.29, 1.82) is 0 Å². The van der Waals surface area contributed by atoms with E-state index in [1.807, 2.05) is 6.92 Å². The number of nitrogens with two attached hydrogens (primary N) is 1. The van der Waals surface area contributed by atoms with Crippen LogP contribution in [0.5, 0.6) is 0 Å². The Labute approximate surface area is 106 Å². The molecule has 5 heteroatoms. The molecule has 1 aromatic carbocycles. The predicted octanol–water partition coefficient (Wildman–Crippen LogP) is 1.18. The fraction of sp³-hybridized carbons (Fsp3) is 0.462. The van der Waals surface area contributed by atoms with Gasteiger partial charge < -0.3 is 16.2 Å². The Morgan fingerprint density at radius 3 is 2.89 bits per heavy atom. The second-order valence-corrected chi connectivity index (χ2v) is 4.32. The number of aliphatic hydroxyl groups is 1. The molecule has 0 bridgehead atoms. The maximum absolute atomic E-state index is 13.5. The van der Waals surface area contributed by atoms with Gasteiger partial charge in [-0.15, -0.1) is 0 Å². The third kappa shape index (κ3) is 4.43. The molecule has 1 unspecified atom stereocenters. The minimum Gasteiger partial charge on any atom is -0.396 e. The molecule has 0 spiro atoms. The molecule has 0 saturated carbocycles. The van der Waals surface area contributed by atoms with E-state index in [1.165, 1.54) is 18.2 Å². The molecular formula is C13H19FN2O2. The lowest BCUT2D eigenvalue weighted by Crippen LogP contribution is -2.26. The smallest absolute Gasteiger partial charge is 0.248 e. The fourth-order valence-corrected chi connectivity index (χ4v) is 1.65. The van der Waals surface area contributed by atoms with Gasteiger partial charge in [-0.1, -0.05) is 0 Å². The van der Waals surface area contributed by atoms with Gasteiger partial charge >= 0.3 is 0 Å². The molecule has 1 aromatic rings. The molecule has 0 saturated heterocycles. The summed E-state index contributed by atoms with van der Waals surface area (Å²) in [5.74, 6) is -0.925. The summed E-state index contributed by atoms with van der Waals surface area (Å²) in [6.45, 7) is 2.45. The van der Waals surface area contributed by atoms with E-state index in [4.69, 9.17) is 10.8 Å². The number of amides is 1. The average molecular weight is 254 g/mol. The summed E-state index contributed by atoms with van der Waals surface area (Å²) in [5.41, 5.74) is 5.87. The molecule has 0 aromatic heterocycles. The molecule has 1 rings (SSSR count). The molecule has 100 valence electrons. The van der Waals surface area contributed by atoms with Crippen LogP contribution in [-0.2, 0) is 6.54 Å². The molecule has 0 aliphatic rings. The number of nitrogens with one attached hydrogen (secondary N) is 1. The lowest BCUT2D eigenvalue weighted by molar-refractivity contribution is 0.1000. The van der Waals surface area contributed by atoms with Gasteiger partial charge in [0.05, 0.1) is 0 Å². The maximum atomic E-state index is 13.5. The van der Waals surface area contributed by atoms with Crippen LogP contribution in [0.15, 0.2) is 18.2 Å². The number of primary amides is 1. The van der Waals surface area contributed by atoms with E-state index in [0.29, 0.717) is 24.1 Å². The maximum Gasteiger partial charge on any atom is 0.248 e. The van der Waals surface area contributed by atoms with E-state index in [0.717, 1.165) is 6.42 Å². The molecule has 0 heterocycles. The zero-order valence-corrected chi connectivity index (χ0v) is 10.4. The number of hydrogen-bond acceptors (Lipinski definition) is 3. The van der Waals surface area contributed by atoms with Crippen LogP contribution >= 0.6 is 0 Å². The lowest BCUT2D eigenvalue weighted by Gasteiger charge is -2.13. The van der Waals surface area contributed by atoms with Crippen molar-refractivity contribution >= 4 is 5.91 Å². The SMILES string of the molecule is CC(CCCO)NCc1cc(C(N)=O)ccc1F. The van der Waals surface area contributed by atoms with Crippen molar-refractivity contribution < 1.29 is 14.3 Å². The van der Waals surface area contributed by atoms with Crippen molar-refractivity contribution in [3.8, 4) is 0 Å². The standard InChI is InChI=1S/C13H19FN2O2/c1-9(3-2-6-17)16-8-11-7-10(13(15)18)4-5-12(11)14/h4-5,7,9,16-17H,2-3,6,8H2,1H3,(H2,15,18). The van der Waals surface area contributed by atoms with Crippen molar-refractivity contribution in [3.05, 3.63) is 35.1 Å². The largest absolute Gasteiger partial charge is 0.396 e. The zero-order valence-electron chi connectivity index (χ0n) is 10.4. The van der Waals surface area contributed by atoms with Gasteiger partial charge in [-0.3, -0.25) is 4.79 Å². The highest BCUT2D eigenvalue weighted by molar-refractivity contribution is 5.92. The van der Waals surface area contributed by atoms with Gasteiger partial charge in [-0.05, 0) is 38.0 Å². The Bertz CT molecular complexity index is 410. The second-order valence-electron chi connectivity index (χ2n) is 4.32. The van der Waals surface area contributed by atoms with Gasteiger partial charge in [0.25, 0.3) is 0 Å². The van der Waals surface area contributed by atoms with Crippen LogP contribution in [0.2, 0.25) is 0 Å². The summed E-state index contributed by atoms with van der Waals surface area (Å²) in [5, 5.41) is 11.8. The van der Waals surface area contributed by atoms with E-state index < -0.39 is 5.91 Å². The van der Waals surface area contributed by atoms with Crippen LogP contribution in [-0.4, -0.2) is 23.7 Å². The number of rotatable bonds is 7. The Hall–Kier alpha value is -1.46. The van der Waals surface area contributed by atoms with Crippen LogP contribution in [0.3, 0.4) is 0 Å². The first-order chi connectivity index (χ1) is 8.54. The second kappa shape index (κ2) is 7.08. The number of carbonyl (C=O) groups excluding carboxylic acids is 1. The van der Waals surface area contributed by atoms with Crippen molar-refractivity contribution in [2.45, 2.75) is 32.4 Å². The quantitative estimate of drug-likeness (QED) is 0.684. The number of carbonyl (C=O) groups is 1. The van der Waals surface area contributed by atoms with Crippen LogP contribution in [0.4, 0.5) is 4.39 Å². The number of benzene rings is 1. The molecular weight excluding hydrogens is 235 g/mol. The molecule has 0 fully saturated rings. The van der Waals surface area contributed by atoms with E-state index >= 15 is 0 Å². The Morgan fingerprint density at radius 2 is 2.28 bits per heavy atom. The normalized spacial score (nSPS) is 12.4. The zero-order chi connectivity index (χ0) is 13.5. The van der Waals surface area contributed by atoms with Crippen LogP contribution < -0.4 is 11.1 Å². The van der Waals surface area contributed by atoms with Crippen LogP contribution in [0.25, 0.3) is 0 Å². The molecule has 0 aliphatic carbocycles. The van der Waals surface area contributed by atoms with E-state index in [9.17, 15) is 9.18 Å². The van der Waals surface area contributed by atoms with E-state index in [2.05, 4.69) is 5.32 Å². The molecule has 18 heavy (non-hydrogen) atoms. The van der Waals surface area contributed by atoms with Crippen LogP contribution in [0, 0.1) is 5.82 Å². The van der Waals surface area contributed by atoms with Crippen molar-refractivity contribution in [2.24, 2.45) is 5.73 Å². The highest BCUT2D eigenvalue weighted by atomic mass is 19.1. The third-order valence-corrected chi connectivity index (χ3v) is 2.77. The monoisotopic (exact) mass is 254 g/mol. The molecule has 1 amide bonds. The van der Waals surface area contributed by atoms with Gasteiger partial charge in [0.2, 0.25) is 5.91 Å². The topological polar surface area (TPSA) is 75.3 Å². The average Bonchev–Trinajstić information content (AvgIpc) is 2.35. The van der Waals surface area contributed by atoms with Gasteiger partial charge in [0, 0.05) is 30.3 Å². The first kappa shape index (κ1) is 14.6. The van der Waals surface area contributed by atoms with Crippen LogP contribution in [0.1, 0.15) is 35.7 Å². The number of halogens is 1. The minimum atomic E-state index is -0.565.